The number of aryl methyl sites for hydroxylation is 1. The first kappa shape index (κ1) is 24.1. The second kappa shape index (κ2) is 10.1. The summed E-state index contributed by atoms with van der Waals surface area (Å²) in [6.07, 6.45) is 1.55. The van der Waals surface area contributed by atoms with Gasteiger partial charge in [-0.05, 0) is 79.9 Å². The summed E-state index contributed by atoms with van der Waals surface area (Å²) in [5.74, 6) is 0.207. The van der Waals surface area contributed by atoms with Gasteiger partial charge in [-0.15, -0.1) is 0 Å². The molecule has 7 heteroatoms. The average Bonchev–Trinajstić information content (AvgIpc) is 3.19. The van der Waals surface area contributed by atoms with Crippen molar-refractivity contribution >= 4 is 40.2 Å². The molecule has 1 amide bonds. The lowest BCUT2D eigenvalue weighted by Gasteiger charge is -2.20. The third-order valence-electron chi connectivity index (χ3n) is 5.86. The lowest BCUT2D eigenvalue weighted by atomic mass is 10.0. The third-order valence-corrected chi connectivity index (χ3v) is 6.30. The summed E-state index contributed by atoms with van der Waals surface area (Å²) in [5.41, 5.74) is 4.02. The smallest absolute Gasteiger partial charge is 0.410 e. The molecule has 4 nitrogen and oxygen atoms in total. The van der Waals surface area contributed by atoms with Crippen LogP contribution < -0.4 is 4.74 Å². The van der Waals surface area contributed by atoms with Gasteiger partial charge in [-0.2, -0.15) is 0 Å². The van der Waals surface area contributed by atoms with Crippen LogP contribution in [-0.4, -0.2) is 28.6 Å². The largest absolute Gasteiger partial charge is 0.415 e. The number of halogens is 3. The molecule has 3 aromatic carbocycles. The van der Waals surface area contributed by atoms with E-state index in [0.29, 0.717) is 41.0 Å². The van der Waals surface area contributed by atoms with Crippen LogP contribution >= 0.6 is 23.2 Å². The Morgan fingerprint density at radius 2 is 1.71 bits per heavy atom. The van der Waals surface area contributed by atoms with Gasteiger partial charge < -0.3 is 14.2 Å². The van der Waals surface area contributed by atoms with Crippen molar-refractivity contribution in [3.63, 3.8) is 0 Å². The van der Waals surface area contributed by atoms with Crippen molar-refractivity contribution in [1.82, 2.24) is 9.47 Å². The molecule has 176 valence electrons. The van der Waals surface area contributed by atoms with Gasteiger partial charge in [-0.3, -0.25) is 0 Å². The molecule has 0 spiro atoms. The number of amides is 1. The molecular formula is C27H25Cl2FN2O2. The van der Waals surface area contributed by atoms with Crippen LogP contribution in [0.4, 0.5) is 9.18 Å². The van der Waals surface area contributed by atoms with Crippen LogP contribution in [0.25, 0.3) is 22.0 Å². The number of hydrogen-bond donors (Lipinski definition) is 0. The highest BCUT2D eigenvalue weighted by Crippen LogP contribution is 2.40. The molecular weight excluding hydrogens is 474 g/mol. The highest BCUT2D eigenvalue weighted by Gasteiger charge is 2.20. The minimum absolute atomic E-state index is 0.221. The van der Waals surface area contributed by atoms with Crippen molar-refractivity contribution in [1.29, 1.82) is 0 Å². The predicted octanol–water partition coefficient (Wildman–Crippen LogP) is 7.95. The van der Waals surface area contributed by atoms with E-state index in [1.165, 1.54) is 6.07 Å². The predicted molar refractivity (Wildman–Crippen MR) is 137 cm³/mol. The second-order valence-electron chi connectivity index (χ2n) is 8.10. The van der Waals surface area contributed by atoms with Crippen LogP contribution in [0.1, 0.15) is 25.0 Å². The fourth-order valence-corrected chi connectivity index (χ4v) is 4.64. The second-order valence-corrected chi connectivity index (χ2v) is 8.97. The number of nitrogens with zero attached hydrogens (tertiary/aromatic N) is 2. The summed E-state index contributed by atoms with van der Waals surface area (Å²) in [5, 5.41) is 1.87. The number of carbonyl (C=O) groups is 1. The highest BCUT2D eigenvalue weighted by molar-refractivity contribution is 6.35. The number of ether oxygens (including phenoxy) is 1. The zero-order valence-corrected chi connectivity index (χ0v) is 20.8. The lowest BCUT2D eigenvalue weighted by molar-refractivity contribution is 0.157. The molecule has 1 heterocycles. The van der Waals surface area contributed by atoms with Gasteiger partial charge in [0.05, 0.1) is 0 Å². The van der Waals surface area contributed by atoms with Crippen molar-refractivity contribution < 1.29 is 13.9 Å². The topological polar surface area (TPSA) is 34.5 Å². The Morgan fingerprint density at radius 1 is 1.00 bits per heavy atom. The molecule has 0 aliphatic rings. The van der Waals surface area contributed by atoms with Gasteiger partial charge in [-0.25, -0.2) is 9.18 Å². The maximum Gasteiger partial charge on any atom is 0.415 e. The molecule has 0 aliphatic heterocycles. The van der Waals surface area contributed by atoms with Crippen molar-refractivity contribution in [2.75, 3.05) is 13.1 Å². The fourth-order valence-electron chi connectivity index (χ4n) is 4.11. The van der Waals surface area contributed by atoms with Crippen molar-refractivity contribution in [2.45, 2.75) is 27.3 Å². The van der Waals surface area contributed by atoms with Gasteiger partial charge in [0, 0.05) is 52.3 Å². The number of benzene rings is 3. The summed E-state index contributed by atoms with van der Waals surface area (Å²) in [7, 11) is 0. The quantitative estimate of drug-likeness (QED) is 0.270. The first-order valence-electron chi connectivity index (χ1n) is 11.1. The third kappa shape index (κ3) is 4.91. The van der Waals surface area contributed by atoms with Crippen molar-refractivity contribution in [3.8, 4) is 16.9 Å². The Labute approximate surface area is 208 Å². The normalized spacial score (nSPS) is 11.1. The maximum atomic E-state index is 13.7. The number of fused-ring (bicyclic) bond motifs is 1. The monoisotopic (exact) mass is 498 g/mol. The number of rotatable bonds is 6. The van der Waals surface area contributed by atoms with Gasteiger partial charge in [0.1, 0.15) is 11.6 Å². The Balaban J connectivity index is 1.84. The molecule has 34 heavy (non-hydrogen) atoms. The zero-order valence-electron chi connectivity index (χ0n) is 19.2. The molecule has 0 atom stereocenters. The summed E-state index contributed by atoms with van der Waals surface area (Å²) in [6, 6.07) is 16.1. The first-order valence-corrected chi connectivity index (χ1v) is 11.9. The van der Waals surface area contributed by atoms with Crippen LogP contribution in [0, 0.1) is 12.7 Å². The molecule has 1 aromatic heterocycles. The van der Waals surface area contributed by atoms with Crippen LogP contribution in [0.15, 0.2) is 60.8 Å². The van der Waals surface area contributed by atoms with E-state index in [4.69, 9.17) is 27.9 Å². The summed E-state index contributed by atoms with van der Waals surface area (Å²) >= 11 is 12.6. The molecule has 0 bridgehead atoms. The molecule has 4 aromatic rings. The van der Waals surface area contributed by atoms with E-state index in [0.717, 1.165) is 27.6 Å². The van der Waals surface area contributed by atoms with Gasteiger partial charge in [0.25, 0.3) is 0 Å². The number of hydrogen-bond acceptors (Lipinski definition) is 2. The van der Waals surface area contributed by atoms with Gasteiger partial charge in [0.2, 0.25) is 0 Å². The molecule has 0 saturated carbocycles. The van der Waals surface area contributed by atoms with Gasteiger partial charge in [0.15, 0.2) is 0 Å². The van der Waals surface area contributed by atoms with Crippen molar-refractivity contribution in [2.24, 2.45) is 0 Å². The molecule has 0 radical (unpaired) electrons. The summed E-state index contributed by atoms with van der Waals surface area (Å²) in [6.45, 7) is 7.22. The van der Waals surface area contributed by atoms with Crippen molar-refractivity contribution in [3.05, 3.63) is 87.8 Å². The van der Waals surface area contributed by atoms with Crippen LogP contribution in [0.5, 0.6) is 5.75 Å². The number of carbonyl (C=O) groups excluding carboxylic acids is 1. The van der Waals surface area contributed by atoms with Gasteiger partial charge in [-0.1, -0.05) is 35.3 Å². The average molecular weight is 499 g/mol. The van der Waals surface area contributed by atoms with Crippen LogP contribution in [0.3, 0.4) is 0 Å². The summed E-state index contributed by atoms with van der Waals surface area (Å²) < 4.78 is 21.6. The van der Waals surface area contributed by atoms with E-state index in [2.05, 4.69) is 4.57 Å². The van der Waals surface area contributed by atoms with Crippen LogP contribution in [0.2, 0.25) is 10.0 Å². The highest BCUT2D eigenvalue weighted by atomic mass is 35.5. The molecule has 0 aliphatic carbocycles. The minimum atomic E-state index is -0.417. The van der Waals surface area contributed by atoms with E-state index in [1.54, 1.807) is 42.2 Å². The number of aromatic nitrogens is 1. The molecule has 0 saturated heterocycles. The molecule has 4 rings (SSSR count). The van der Waals surface area contributed by atoms with Gasteiger partial charge >= 0.3 is 6.09 Å². The Hall–Kier alpha value is -3.02. The zero-order chi connectivity index (χ0) is 24.4. The van der Waals surface area contributed by atoms with E-state index in [1.807, 2.05) is 38.2 Å². The SMILES string of the molecule is CCN(CC)C(=O)Oc1ccc2c(ccn2Cc2ccc(F)c(C)c2)c1-c1cc(Cl)cc(Cl)c1. The maximum absolute atomic E-state index is 13.7. The van der Waals surface area contributed by atoms with Crippen LogP contribution in [-0.2, 0) is 6.54 Å². The Bertz CT molecular complexity index is 1340. The van der Waals surface area contributed by atoms with E-state index in [-0.39, 0.29) is 5.82 Å². The summed E-state index contributed by atoms with van der Waals surface area (Å²) in [4.78, 5) is 14.4. The Kier molecular flexibility index (Phi) is 7.15. The van der Waals surface area contributed by atoms with E-state index >= 15 is 0 Å². The van der Waals surface area contributed by atoms with E-state index < -0.39 is 6.09 Å². The van der Waals surface area contributed by atoms with E-state index in [9.17, 15) is 9.18 Å². The molecule has 0 fully saturated rings. The standard InChI is InChI=1S/C27H25Cl2FN2O2/c1-4-31(5-2)27(33)34-25-9-8-24-22(26(25)19-13-20(28)15-21(29)14-19)10-11-32(24)16-18-6-7-23(30)17(3)12-18/h6-15H,4-5,16H2,1-3H3. The Morgan fingerprint density at radius 3 is 2.35 bits per heavy atom. The first-order chi connectivity index (χ1) is 16.3. The molecule has 0 unspecified atom stereocenters. The minimum Gasteiger partial charge on any atom is -0.410 e. The fraction of sp³-hybridized carbons (Fsp3) is 0.222. The lowest BCUT2D eigenvalue weighted by Crippen LogP contribution is -2.33. The molecule has 0 N–H and O–H groups in total.